The van der Waals surface area contributed by atoms with Gasteiger partial charge in [0.2, 0.25) is 5.91 Å². The Balaban J connectivity index is 2.05. The minimum Gasteiger partial charge on any atom is -0.496 e. The number of hydrogen-bond acceptors (Lipinski definition) is 4. The number of aryl methyl sites for hydroxylation is 2. The molecule has 0 fully saturated rings. The molecule has 2 aromatic rings. The van der Waals surface area contributed by atoms with E-state index in [-0.39, 0.29) is 28.7 Å². The summed E-state index contributed by atoms with van der Waals surface area (Å²) in [5.41, 5.74) is 3.01. The first-order valence-electron chi connectivity index (χ1n) is 8.07. The van der Waals surface area contributed by atoms with E-state index < -0.39 is 0 Å². The van der Waals surface area contributed by atoms with E-state index in [9.17, 15) is 9.59 Å². The van der Waals surface area contributed by atoms with Gasteiger partial charge in [-0.15, -0.1) is 0 Å². The Morgan fingerprint density at radius 2 is 2.04 bits per heavy atom. The van der Waals surface area contributed by atoms with Gasteiger partial charge >= 0.3 is 0 Å². The average molecular weight is 361 g/mol. The maximum Gasteiger partial charge on any atom is 0.255 e. The van der Waals surface area contributed by atoms with Crippen molar-refractivity contribution in [2.24, 2.45) is 0 Å². The lowest BCUT2D eigenvalue weighted by Gasteiger charge is -2.18. The molecular formula is C18H23N3O3S. The van der Waals surface area contributed by atoms with Crippen LogP contribution in [0.15, 0.2) is 23.0 Å². The van der Waals surface area contributed by atoms with Gasteiger partial charge in [-0.25, -0.2) is 0 Å². The maximum atomic E-state index is 12.3. The number of aromatic amines is 2. The summed E-state index contributed by atoms with van der Waals surface area (Å²) in [5, 5.41) is 2.96. The summed E-state index contributed by atoms with van der Waals surface area (Å²) < 4.78 is 5.65. The molecule has 0 bridgehead atoms. The van der Waals surface area contributed by atoms with E-state index in [1.807, 2.05) is 32.0 Å². The molecule has 6 nitrogen and oxygen atoms in total. The molecule has 1 aromatic carbocycles. The van der Waals surface area contributed by atoms with Crippen molar-refractivity contribution in [1.82, 2.24) is 15.3 Å². The van der Waals surface area contributed by atoms with Gasteiger partial charge in [-0.3, -0.25) is 14.6 Å². The highest BCUT2D eigenvalue weighted by Gasteiger charge is 2.15. The number of nitrogens with one attached hydrogen (secondary N) is 3. The maximum absolute atomic E-state index is 12.3. The van der Waals surface area contributed by atoms with Crippen LogP contribution in [0.4, 0.5) is 0 Å². The minimum absolute atomic E-state index is 0.127. The molecule has 0 saturated heterocycles. The third-order valence-corrected chi connectivity index (χ3v) is 4.29. The number of ether oxygens (including phenoxy) is 1. The topological polar surface area (TPSA) is 87.0 Å². The molecule has 0 aliphatic rings. The molecule has 0 aliphatic heterocycles. The van der Waals surface area contributed by atoms with Gasteiger partial charge in [-0.1, -0.05) is 17.7 Å². The van der Waals surface area contributed by atoms with Crippen LogP contribution in [0, 0.1) is 18.6 Å². The number of aromatic nitrogens is 2. The third kappa shape index (κ3) is 4.79. The smallest absolute Gasteiger partial charge is 0.255 e. The van der Waals surface area contributed by atoms with Crippen LogP contribution in [0.3, 0.4) is 0 Å². The van der Waals surface area contributed by atoms with E-state index in [0.717, 1.165) is 16.9 Å². The molecule has 1 heterocycles. The fourth-order valence-electron chi connectivity index (χ4n) is 2.75. The van der Waals surface area contributed by atoms with Crippen molar-refractivity contribution in [3.63, 3.8) is 0 Å². The van der Waals surface area contributed by atoms with Gasteiger partial charge in [0.25, 0.3) is 5.56 Å². The lowest BCUT2D eigenvalue weighted by molar-refractivity contribution is -0.121. The zero-order valence-corrected chi connectivity index (χ0v) is 15.7. The Morgan fingerprint density at radius 1 is 1.32 bits per heavy atom. The zero-order chi connectivity index (χ0) is 18.6. The summed E-state index contributed by atoms with van der Waals surface area (Å²) in [6.07, 6.45) is 0.559. The van der Waals surface area contributed by atoms with Crippen LogP contribution in [0.5, 0.6) is 5.75 Å². The Hall–Kier alpha value is -2.41. The van der Waals surface area contributed by atoms with Crippen LogP contribution in [0.25, 0.3) is 0 Å². The lowest BCUT2D eigenvalue weighted by atomic mass is 10.0. The first kappa shape index (κ1) is 18.9. The van der Waals surface area contributed by atoms with E-state index in [0.29, 0.717) is 17.7 Å². The Labute approximate surface area is 151 Å². The largest absolute Gasteiger partial charge is 0.496 e. The number of benzene rings is 1. The molecule has 0 spiro atoms. The quantitative estimate of drug-likeness (QED) is 0.691. The molecule has 0 aliphatic carbocycles. The number of hydrogen-bond donors (Lipinski definition) is 3. The number of carbonyl (C=O) groups excluding carboxylic acids is 1. The summed E-state index contributed by atoms with van der Waals surface area (Å²) in [6.45, 7) is 5.68. The third-order valence-electron chi connectivity index (χ3n) is 4.09. The fraction of sp³-hybridized carbons (Fsp3) is 0.389. The first-order valence-corrected chi connectivity index (χ1v) is 8.48. The van der Waals surface area contributed by atoms with Crippen LogP contribution in [0.2, 0.25) is 0 Å². The summed E-state index contributed by atoms with van der Waals surface area (Å²) in [4.78, 5) is 29.7. The van der Waals surface area contributed by atoms with E-state index in [1.54, 1.807) is 14.0 Å². The second-order valence-electron chi connectivity index (χ2n) is 6.05. The minimum atomic E-state index is -0.248. The fourth-order valence-corrected chi connectivity index (χ4v) is 2.99. The summed E-state index contributed by atoms with van der Waals surface area (Å²) in [7, 11) is 1.61. The van der Waals surface area contributed by atoms with Gasteiger partial charge < -0.3 is 15.0 Å². The van der Waals surface area contributed by atoms with Crippen molar-refractivity contribution in [2.45, 2.75) is 39.7 Å². The molecule has 3 N–H and O–H groups in total. The van der Waals surface area contributed by atoms with Gasteiger partial charge in [0.05, 0.1) is 13.2 Å². The molecule has 0 saturated carbocycles. The highest BCUT2D eigenvalue weighted by Crippen LogP contribution is 2.26. The predicted octanol–water partition coefficient (Wildman–Crippen LogP) is 2.87. The van der Waals surface area contributed by atoms with Crippen LogP contribution in [0.1, 0.15) is 41.8 Å². The lowest BCUT2D eigenvalue weighted by Crippen LogP contribution is -2.28. The van der Waals surface area contributed by atoms with Crippen molar-refractivity contribution in [2.75, 3.05) is 7.11 Å². The summed E-state index contributed by atoms with van der Waals surface area (Å²) in [6, 6.07) is 5.66. The van der Waals surface area contributed by atoms with E-state index >= 15 is 0 Å². The van der Waals surface area contributed by atoms with Gasteiger partial charge in [0.1, 0.15) is 5.75 Å². The van der Waals surface area contributed by atoms with Crippen molar-refractivity contribution >= 4 is 18.1 Å². The van der Waals surface area contributed by atoms with Crippen LogP contribution in [-0.2, 0) is 11.2 Å². The van der Waals surface area contributed by atoms with Crippen molar-refractivity contribution in [3.8, 4) is 5.75 Å². The predicted molar refractivity (Wildman–Crippen MR) is 99.6 cm³/mol. The number of H-pyrrole nitrogens is 2. The Bertz CT molecular complexity index is 886. The molecule has 1 aromatic heterocycles. The van der Waals surface area contributed by atoms with Crippen molar-refractivity contribution in [3.05, 3.63) is 55.7 Å². The van der Waals surface area contributed by atoms with Gasteiger partial charge in [0, 0.05) is 23.2 Å². The standard InChI is InChI=1S/C18H23N3O3S/c1-10-5-7-15(24-4)14(9-10)12(3)19-16(22)8-6-13-11(2)20-18(25)21-17(13)23/h5,7,9,12H,6,8H2,1-4H3,(H,19,22)(H2,20,21,23,25). The molecule has 1 atom stereocenters. The van der Waals surface area contributed by atoms with Gasteiger partial charge in [-0.2, -0.15) is 0 Å². The molecule has 2 rings (SSSR count). The molecule has 7 heteroatoms. The summed E-state index contributed by atoms with van der Waals surface area (Å²) in [5.74, 6) is 0.610. The highest BCUT2D eigenvalue weighted by atomic mass is 32.1. The van der Waals surface area contributed by atoms with Gasteiger partial charge in [-0.05, 0) is 45.5 Å². The Morgan fingerprint density at radius 3 is 2.68 bits per heavy atom. The second kappa shape index (κ2) is 8.11. The normalized spacial score (nSPS) is 11.8. The van der Waals surface area contributed by atoms with Crippen molar-refractivity contribution in [1.29, 1.82) is 0 Å². The monoisotopic (exact) mass is 361 g/mol. The molecule has 1 amide bonds. The van der Waals surface area contributed by atoms with Crippen LogP contribution < -0.4 is 15.6 Å². The number of rotatable bonds is 6. The number of amides is 1. The van der Waals surface area contributed by atoms with E-state index in [2.05, 4.69) is 15.3 Å². The van der Waals surface area contributed by atoms with Crippen LogP contribution in [-0.4, -0.2) is 23.0 Å². The van der Waals surface area contributed by atoms with Crippen LogP contribution >= 0.6 is 12.2 Å². The number of methoxy groups -OCH3 is 1. The zero-order valence-electron chi connectivity index (χ0n) is 14.9. The van der Waals surface area contributed by atoms with Gasteiger partial charge in [0.15, 0.2) is 4.77 Å². The highest BCUT2D eigenvalue weighted by molar-refractivity contribution is 7.71. The molecule has 134 valence electrons. The first-order chi connectivity index (χ1) is 11.8. The molecular weight excluding hydrogens is 338 g/mol. The van der Waals surface area contributed by atoms with Crippen molar-refractivity contribution < 1.29 is 9.53 Å². The molecule has 1 unspecified atom stereocenters. The SMILES string of the molecule is COc1ccc(C)cc1C(C)NC(=O)CCc1c(C)[nH]c(=S)[nH]c1=O. The molecule has 25 heavy (non-hydrogen) atoms. The molecule has 0 radical (unpaired) electrons. The summed E-state index contributed by atoms with van der Waals surface area (Å²) >= 11 is 4.93. The second-order valence-corrected chi connectivity index (χ2v) is 6.45. The number of carbonyl (C=O) groups is 1. The van der Waals surface area contributed by atoms with E-state index in [1.165, 1.54) is 0 Å². The van der Waals surface area contributed by atoms with E-state index in [4.69, 9.17) is 17.0 Å². The Kier molecular flexibility index (Phi) is 6.14. The average Bonchev–Trinajstić information content (AvgIpc) is 2.53.